The highest BCUT2D eigenvalue weighted by Gasteiger charge is 2.44. The molecule has 2 bridgehead atoms. The zero-order valence-electron chi connectivity index (χ0n) is 43.3. The molecular formula is C55H68N12O7S. The first-order chi connectivity index (χ1) is 36.3. The number of aliphatic hydroxyl groups is 1. The Morgan fingerprint density at radius 3 is 2.40 bits per heavy atom. The molecule has 2 amide bonds. The Morgan fingerprint density at radius 2 is 1.67 bits per heavy atom. The standard InChI is InChI=1S/C55H68N12O7S/c1-33(2)51(55(71)66-31-42(68)25-46(66)54(70)59-35(4)37-10-12-38(13-11-37)52-36(5)58-32-75-52)48-27-50(62-74-48)73-23-21-64-19-18-63(28-34(64)3)20-22-72-49-24-39(16-17-57-49)67-40-14-15-41(67)30-65(29-40)45-26-44(60-61-53(45)56)43-8-6-7-9-47(43)69/h6-13,16-17,24,26-27,32-35,40-42,46,51,68-69H,14-15,18-23,25,28-31H2,1-5H3,(H2,56,61)(H,59,70). The molecule has 7 unspecified atom stereocenters. The summed E-state index contributed by atoms with van der Waals surface area (Å²) in [7, 11) is 0. The maximum atomic E-state index is 14.3. The number of hydrogen-bond donors (Lipinski definition) is 4. The number of hydrogen-bond acceptors (Lipinski definition) is 18. The van der Waals surface area contributed by atoms with Crippen LogP contribution in [0, 0.1) is 12.8 Å². The summed E-state index contributed by atoms with van der Waals surface area (Å²) >= 11 is 1.59. The first-order valence-electron chi connectivity index (χ1n) is 26.2. The van der Waals surface area contributed by atoms with Crippen LogP contribution in [0.3, 0.4) is 0 Å². The quantitative estimate of drug-likeness (QED) is 0.0758. The molecule has 8 heterocycles. The van der Waals surface area contributed by atoms with Crippen molar-refractivity contribution in [2.45, 2.75) is 96.1 Å². The number of aliphatic hydroxyl groups excluding tert-OH is 1. The fourth-order valence-electron chi connectivity index (χ4n) is 11.4. The van der Waals surface area contributed by atoms with Crippen molar-refractivity contribution in [2.75, 3.05) is 81.1 Å². The van der Waals surface area contributed by atoms with Crippen LogP contribution in [0.2, 0.25) is 0 Å². The van der Waals surface area contributed by atoms with E-state index in [0.29, 0.717) is 54.4 Å². The monoisotopic (exact) mass is 1040 g/mol. The number of aromatic nitrogens is 5. The lowest BCUT2D eigenvalue weighted by Crippen LogP contribution is -2.54. The number of carbonyl (C=O) groups excluding carboxylic acids is 2. The van der Waals surface area contributed by atoms with Crippen LogP contribution in [0.15, 0.2) is 89.0 Å². The van der Waals surface area contributed by atoms with Gasteiger partial charge >= 0.3 is 0 Å². The summed E-state index contributed by atoms with van der Waals surface area (Å²) in [6.45, 7) is 16.6. The SMILES string of the molecule is Cc1ncsc1-c1ccc(C(C)NC(=O)C2CC(O)CN2C(=O)C(c2cc(OCCN3CCN(CCOc4cc(N5C6CCC5CN(c5cc(-c7ccccc7O)nnc5N)C6)ccn4)CC3C)no2)C(C)C)cc1. The number of nitrogen functional groups attached to an aromatic ring is 1. The van der Waals surface area contributed by atoms with Gasteiger partial charge in [0.25, 0.3) is 5.88 Å². The third-order valence-electron chi connectivity index (χ3n) is 15.3. The summed E-state index contributed by atoms with van der Waals surface area (Å²) in [5, 5.41) is 37.0. The number of fused-ring (bicyclic) bond motifs is 2. The third kappa shape index (κ3) is 11.4. The average Bonchev–Trinajstić information content (AvgIpc) is 4.20. The predicted molar refractivity (Wildman–Crippen MR) is 287 cm³/mol. The van der Waals surface area contributed by atoms with Crippen LogP contribution in [0.4, 0.5) is 17.2 Å². The summed E-state index contributed by atoms with van der Waals surface area (Å²) < 4.78 is 18.1. The number of amides is 2. The van der Waals surface area contributed by atoms with E-state index in [1.54, 1.807) is 29.5 Å². The molecule has 0 spiro atoms. The molecule has 7 atom stereocenters. The number of nitrogens with one attached hydrogen (secondary N) is 1. The molecule has 0 radical (unpaired) electrons. The molecule has 6 aromatic rings. The number of phenolic OH excluding ortho intramolecular Hbond substituents is 1. The average molecular weight is 1040 g/mol. The number of benzene rings is 2. The first kappa shape index (κ1) is 51.6. The normalized spacial score (nSPS) is 21.9. The van der Waals surface area contributed by atoms with Gasteiger partial charge in [-0.3, -0.25) is 19.4 Å². The van der Waals surface area contributed by atoms with Gasteiger partial charge in [-0.2, -0.15) is 0 Å². The second-order valence-electron chi connectivity index (χ2n) is 20.8. The predicted octanol–water partition coefficient (Wildman–Crippen LogP) is 6.15. The first-order valence-corrected chi connectivity index (χ1v) is 27.0. The number of aromatic hydroxyl groups is 1. The molecule has 75 heavy (non-hydrogen) atoms. The molecule has 5 N–H and O–H groups in total. The number of aryl methyl sites for hydroxylation is 1. The fraction of sp³-hybridized carbons (Fsp3) is 0.473. The van der Waals surface area contributed by atoms with Gasteiger partial charge in [0.1, 0.15) is 30.9 Å². The van der Waals surface area contributed by atoms with Gasteiger partial charge in [0.15, 0.2) is 11.6 Å². The minimum Gasteiger partial charge on any atom is -0.507 e. The van der Waals surface area contributed by atoms with Crippen molar-refractivity contribution in [3.63, 3.8) is 0 Å². The van der Waals surface area contributed by atoms with Crippen LogP contribution in [0.25, 0.3) is 21.7 Å². The Hall–Kier alpha value is -6.87. The Bertz CT molecular complexity index is 2920. The number of ether oxygens (including phenoxy) is 2. The van der Waals surface area contributed by atoms with Gasteiger partial charge in [-0.1, -0.05) is 50.2 Å². The second kappa shape index (κ2) is 22.5. The molecule has 4 aromatic heterocycles. The number of rotatable bonds is 18. The van der Waals surface area contributed by atoms with Gasteiger partial charge < -0.3 is 50.0 Å². The highest BCUT2D eigenvalue weighted by molar-refractivity contribution is 7.13. The largest absolute Gasteiger partial charge is 0.507 e. The zero-order chi connectivity index (χ0) is 52.3. The van der Waals surface area contributed by atoms with Gasteiger partial charge in [0, 0.05) is 106 Å². The number of carbonyl (C=O) groups is 2. The van der Waals surface area contributed by atoms with Gasteiger partial charge in [0.05, 0.1) is 39.6 Å². The number of piperazine rings is 2. The van der Waals surface area contributed by atoms with Crippen molar-refractivity contribution in [3.05, 3.63) is 102 Å². The number of β-amino-alcohol motifs (C(OH)–C–C–N with tert-alkyl or cyclic N) is 1. The Kier molecular flexibility index (Phi) is 15.5. The summed E-state index contributed by atoms with van der Waals surface area (Å²) in [6.07, 6.45) is 3.27. The maximum Gasteiger partial charge on any atom is 0.254 e. The van der Waals surface area contributed by atoms with Gasteiger partial charge in [-0.15, -0.1) is 21.5 Å². The Labute approximate surface area is 441 Å². The topological polar surface area (TPSA) is 225 Å². The molecule has 4 aliphatic rings. The van der Waals surface area contributed by atoms with Crippen LogP contribution in [0.1, 0.15) is 75.9 Å². The highest BCUT2D eigenvalue weighted by Crippen LogP contribution is 2.40. The van der Waals surface area contributed by atoms with Crippen LogP contribution >= 0.6 is 11.3 Å². The number of phenols is 1. The molecule has 20 heteroatoms. The van der Waals surface area contributed by atoms with Crippen molar-refractivity contribution in [3.8, 4) is 39.2 Å². The molecule has 0 aliphatic carbocycles. The van der Waals surface area contributed by atoms with Crippen LogP contribution in [-0.2, 0) is 9.59 Å². The minimum absolute atomic E-state index is 0.0501. The van der Waals surface area contributed by atoms with Crippen molar-refractivity contribution in [2.24, 2.45) is 5.92 Å². The molecule has 0 saturated carbocycles. The van der Waals surface area contributed by atoms with Gasteiger partial charge in [-0.25, -0.2) is 9.97 Å². The summed E-state index contributed by atoms with van der Waals surface area (Å²) in [4.78, 5) is 49.2. The molecule has 10 rings (SSSR count). The lowest BCUT2D eigenvalue weighted by Gasteiger charge is -2.43. The van der Waals surface area contributed by atoms with E-state index >= 15 is 0 Å². The van der Waals surface area contributed by atoms with E-state index in [0.717, 1.165) is 85.2 Å². The van der Waals surface area contributed by atoms with Crippen LogP contribution in [0.5, 0.6) is 17.5 Å². The van der Waals surface area contributed by atoms with Crippen molar-refractivity contribution < 1.29 is 33.8 Å². The second-order valence-corrected chi connectivity index (χ2v) is 21.6. The van der Waals surface area contributed by atoms with Crippen molar-refractivity contribution in [1.82, 2.24) is 45.3 Å². The molecule has 4 saturated heterocycles. The van der Waals surface area contributed by atoms with E-state index in [1.165, 1.54) is 4.90 Å². The lowest BCUT2D eigenvalue weighted by molar-refractivity contribution is -0.141. The number of pyridine rings is 1. The lowest BCUT2D eigenvalue weighted by atomic mass is 9.91. The third-order valence-corrected chi connectivity index (χ3v) is 16.3. The smallest absolute Gasteiger partial charge is 0.254 e. The summed E-state index contributed by atoms with van der Waals surface area (Å²) in [5.74, 6) is 0.283. The van der Waals surface area contributed by atoms with Crippen molar-refractivity contribution in [1.29, 1.82) is 0 Å². The van der Waals surface area contributed by atoms with E-state index in [9.17, 15) is 19.8 Å². The van der Waals surface area contributed by atoms with E-state index in [2.05, 4.69) is 69.3 Å². The van der Waals surface area contributed by atoms with E-state index < -0.39 is 18.1 Å². The highest BCUT2D eigenvalue weighted by atomic mass is 32.1. The van der Waals surface area contributed by atoms with Gasteiger partial charge in [-0.05, 0) is 80.1 Å². The fourth-order valence-corrected chi connectivity index (χ4v) is 12.2. The van der Waals surface area contributed by atoms with E-state index in [4.69, 9.17) is 19.7 Å². The molecule has 19 nitrogen and oxygen atoms in total. The number of thiazole rings is 1. The van der Waals surface area contributed by atoms with Crippen molar-refractivity contribution >= 4 is 40.3 Å². The van der Waals surface area contributed by atoms with Crippen LogP contribution in [-0.4, -0.2) is 158 Å². The summed E-state index contributed by atoms with van der Waals surface area (Å²) in [5.41, 5.74) is 14.3. The Balaban J connectivity index is 0.666. The molecule has 396 valence electrons. The molecular weight excluding hydrogens is 973 g/mol. The maximum absolute atomic E-state index is 14.3. The number of anilines is 3. The molecule has 4 aliphatic heterocycles. The molecule has 4 fully saturated rings. The number of likely N-dealkylation sites (tertiary alicyclic amines) is 1. The number of para-hydroxylation sites is 1. The number of nitrogens with two attached hydrogens (primary N) is 1. The Morgan fingerprint density at radius 1 is 0.907 bits per heavy atom. The van der Waals surface area contributed by atoms with Crippen LogP contribution < -0.4 is 30.3 Å². The molecule has 2 aromatic carbocycles. The summed E-state index contributed by atoms with van der Waals surface area (Å²) in [6, 6.07) is 22.6. The minimum atomic E-state index is -0.833. The van der Waals surface area contributed by atoms with E-state index in [1.807, 2.05) is 81.9 Å². The number of nitrogens with zero attached hydrogens (tertiary/aromatic N) is 10. The zero-order valence-corrected chi connectivity index (χ0v) is 44.1. The van der Waals surface area contributed by atoms with E-state index in [-0.39, 0.29) is 60.6 Å². The van der Waals surface area contributed by atoms with Gasteiger partial charge in [0.2, 0.25) is 17.7 Å².